The van der Waals surface area contributed by atoms with E-state index >= 15 is 0 Å². The fourth-order valence-electron chi connectivity index (χ4n) is 3.45. The largest absolute Gasteiger partial charge is 0.353 e. The number of nitrogens with one attached hydrogen (secondary N) is 1. The number of rotatable bonds is 4. The number of hydrogen-bond acceptors (Lipinski definition) is 4. The number of nitriles is 1. The minimum atomic E-state index is 0.0605. The molecule has 3 rings (SSSR count). The Morgan fingerprint density at radius 1 is 1.26 bits per heavy atom. The summed E-state index contributed by atoms with van der Waals surface area (Å²) >= 11 is 1.40. The predicted molar refractivity (Wildman–Crippen MR) is 91.3 cm³/mol. The van der Waals surface area contributed by atoms with E-state index in [-0.39, 0.29) is 5.91 Å². The maximum absolute atomic E-state index is 12.1. The van der Waals surface area contributed by atoms with Crippen LogP contribution in [-0.2, 0) is 17.6 Å². The quantitative estimate of drug-likeness (QED) is 0.860. The van der Waals surface area contributed by atoms with Gasteiger partial charge >= 0.3 is 0 Å². The van der Waals surface area contributed by atoms with E-state index in [9.17, 15) is 10.1 Å². The lowest BCUT2D eigenvalue weighted by Gasteiger charge is -2.22. The molecule has 1 N–H and O–H groups in total. The molecule has 122 valence electrons. The van der Waals surface area contributed by atoms with Crippen LogP contribution in [0.5, 0.6) is 0 Å². The average molecular weight is 329 g/mol. The van der Waals surface area contributed by atoms with Crippen molar-refractivity contribution in [2.75, 3.05) is 5.75 Å². The van der Waals surface area contributed by atoms with Crippen LogP contribution in [-0.4, -0.2) is 22.7 Å². The molecule has 5 heteroatoms. The normalized spacial score (nSPS) is 18.0. The molecule has 0 atom stereocenters. The third-order valence-corrected chi connectivity index (χ3v) is 5.69. The fraction of sp³-hybridized carbons (Fsp3) is 0.611. The minimum Gasteiger partial charge on any atom is -0.353 e. The lowest BCUT2D eigenvalue weighted by atomic mass is 9.95. The molecule has 0 aromatic carbocycles. The van der Waals surface area contributed by atoms with Crippen molar-refractivity contribution in [3.63, 3.8) is 0 Å². The Hall–Kier alpha value is -1.54. The molecule has 2 aliphatic carbocycles. The Bertz CT molecular complexity index is 617. The number of aryl methyl sites for hydroxylation is 2. The van der Waals surface area contributed by atoms with Crippen molar-refractivity contribution < 1.29 is 4.79 Å². The molecular formula is C18H23N3OS. The monoisotopic (exact) mass is 329 g/mol. The molecule has 1 heterocycles. The van der Waals surface area contributed by atoms with Gasteiger partial charge in [-0.15, -0.1) is 0 Å². The number of nitrogens with zero attached hydrogens (tertiary/aromatic N) is 2. The molecule has 0 unspecified atom stereocenters. The first-order valence-electron chi connectivity index (χ1n) is 8.61. The van der Waals surface area contributed by atoms with Gasteiger partial charge in [0.25, 0.3) is 0 Å². The molecule has 1 aromatic rings. The maximum atomic E-state index is 12.1. The van der Waals surface area contributed by atoms with Crippen molar-refractivity contribution in [2.24, 2.45) is 0 Å². The second kappa shape index (κ2) is 7.83. The van der Waals surface area contributed by atoms with E-state index in [1.54, 1.807) is 0 Å². The van der Waals surface area contributed by atoms with E-state index in [1.807, 2.05) is 6.07 Å². The minimum absolute atomic E-state index is 0.0605. The number of thioether (sulfide) groups is 1. The molecule has 0 bridgehead atoms. The first kappa shape index (κ1) is 16.3. The van der Waals surface area contributed by atoms with Crippen LogP contribution in [0.2, 0.25) is 0 Å². The highest BCUT2D eigenvalue weighted by molar-refractivity contribution is 8.00. The molecule has 1 fully saturated rings. The van der Waals surface area contributed by atoms with Crippen molar-refractivity contribution in [3.8, 4) is 6.07 Å². The summed E-state index contributed by atoms with van der Waals surface area (Å²) in [7, 11) is 0. The molecule has 0 aliphatic heterocycles. The van der Waals surface area contributed by atoms with E-state index in [1.165, 1.54) is 43.0 Å². The first-order valence-corrected chi connectivity index (χ1v) is 9.60. The topological polar surface area (TPSA) is 65.8 Å². The Morgan fingerprint density at radius 2 is 2.04 bits per heavy atom. The third-order valence-electron chi connectivity index (χ3n) is 4.70. The molecular weight excluding hydrogens is 306 g/mol. The van der Waals surface area contributed by atoms with Gasteiger partial charge in [-0.1, -0.05) is 31.0 Å². The number of hydrogen-bond donors (Lipinski definition) is 1. The van der Waals surface area contributed by atoms with Gasteiger partial charge in [0.15, 0.2) is 0 Å². The maximum Gasteiger partial charge on any atom is 0.230 e. The highest BCUT2D eigenvalue weighted by atomic mass is 32.2. The van der Waals surface area contributed by atoms with Crippen molar-refractivity contribution in [3.05, 3.63) is 22.9 Å². The lowest BCUT2D eigenvalue weighted by molar-refractivity contribution is -0.119. The number of carbonyl (C=O) groups is 1. The summed E-state index contributed by atoms with van der Waals surface area (Å²) in [6.45, 7) is 0. The molecule has 2 aliphatic rings. The van der Waals surface area contributed by atoms with Crippen molar-refractivity contribution in [2.45, 2.75) is 68.9 Å². The van der Waals surface area contributed by atoms with Gasteiger partial charge in [-0.05, 0) is 50.2 Å². The SMILES string of the molecule is N#Cc1cc2c(nc1SCC(=O)NC1CCCCC1)CCCC2. The Kier molecular flexibility index (Phi) is 5.56. The van der Waals surface area contributed by atoms with Crippen LogP contribution in [0.25, 0.3) is 0 Å². The van der Waals surface area contributed by atoms with Gasteiger partial charge in [-0.2, -0.15) is 5.26 Å². The molecule has 23 heavy (non-hydrogen) atoms. The Labute approximate surface area is 142 Å². The molecule has 0 saturated heterocycles. The first-order chi connectivity index (χ1) is 11.3. The highest BCUT2D eigenvalue weighted by Crippen LogP contribution is 2.27. The average Bonchev–Trinajstić information content (AvgIpc) is 2.60. The summed E-state index contributed by atoms with van der Waals surface area (Å²) in [5.41, 5.74) is 2.94. The summed E-state index contributed by atoms with van der Waals surface area (Å²) in [5, 5.41) is 13.2. The summed E-state index contributed by atoms with van der Waals surface area (Å²) in [4.78, 5) is 16.8. The summed E-state index contributed by atoms with van der Waals surface area (Å²) < 4.78 is 0. The number of pyridine rings is 1. The molecule has 0 radical (unpaired) electrons. The number of carbonyl (C=O) groups excluding carboxylic acids is 1. The smallest absolute Gasteiger partial charge is 0.230 e. The van der Waals surface area contributed by atoms with Crippen molar-refractivity contribution >= 4 is 17.7 Å². The van der Waals surface area contributed by atoms with Gasteiger partial charge in [0, 0.05) is 11.7 Å². The van der Waals surface area contributed by atoms with E-state index in [0.717, 1.165) is 37.8 Å². The zero-order chi connectivity index (χ0) is 16.1. The van der Waals surface area contributed by atoms with Gasteiger partial charge in [0.1, 0.15) is 11.1 Å². The zero-order valence-electron chi connectivity index (χ0n) is 13.4. The van der Waals surface area contributed by atoms with Crippen LogP contribution >= 0.6 is 11.8 Å². The molecule has 1 amide bonds. The van der Waals surface area contributed by atoms with Gasteiger partial charge in [-0.3, -0.25) is 4.79 Å². The third kappa shape index (κ3) is 4.26. The Balaban J connectivity index is 1.60. The molecule has 4 nitrogen and oxygen atoms in total. The van der Waals surface area contributed by atoms with Crippen LogP contribution < -0.4 is 5.32 Å². The second-order valence-corrected chi connectivity index (χ2v) is 7.42. The van der Waals surface area contributed by atoms with Gasteiger partial charge in [0.2, 0.25) is 5.91 Å². The van der Waals surface area contributed by atoms with E-state index in [2.05, 4.69) is 16.4 Å². The van der Waals surface area contributed by atoms with Crippen LogP contribution in [0.15, 0.2) is 11.1 Å². The summed E-state index contributed by atoms with van der Waals surface area (Å²) in [6, 6.07) is 4.55. The number of fused-ring (bicyclic) bond motifs is 1. The molecule has 1 saturated carbocycles. The van der Waals surface area contributed by atoms with Crippen LogP contribution in [0.3, 0.4) is 0 Å². The molecule has 1 aromatic heterocycles. The predicted octanol–water partition coefficient (Wildman–Crippen LogP) is 3.37. The highest BCUT2D eigenvalue weighted by Gasteiger charge is 2.18. The van der Waals surface area contributed by atoms with E-state index in [4.69, 9.17) is 0 Å². The van der Waals surface area contributed by atoms with Gasteiger partial charge in [0.05, 0.1) is 11.3 Å². The Morgan fingerprint density at radius 3 is 2.83 bits per heavy atom. The standard InChI is InChI=1S/C18H23N3OS/c19-11-14-10-13-6-4-5-9-16(13)21-18(14)23-12-17(22)20-15-7-2-1-3-8-15/h10,15H,1-9,12H2,(H,20,22). The van der Waals surface area contributed by atoms with Crippen molar-refractivity contribution in [1.82, 2.24) is 10.3 Å². The lowest BCUT2D eigenvalue weighted by Crippen LogP contribution is -2.37. The fourth-order valence-corrected chi connectivity index (χ4v) is 4.24. The summed E-state index contributed by atoms with van der Waals surface area (Å²) in [5.74, 6) is 0.405. The van der Waals surface area contributed by atoms with E-state index < -0.39 is 0 Å². The van der Waals surface area contributed by atoms with Crippen LogP contribution in [0.4, 0.5) is 0 Å². The van der Waals surface area contributed by atoms with Crippen molar-refractivity contribution in [1.29, 1.82) is 5.26 Å². The van der Waals surface area contributed by atoms with E-state index in [0.29, 0.717) is 22.4 Å². The van der Waals surface area contributed by atoms with Gasteiger partial charge < -0.3 is 5.32 Å². The van der Waals surface area contributed by atoms with Gasteiger partial charge in [-0.25, -0.2) is 4.98 Å². The number of amides is 1. The van der Waals surface area contributed by atoms with Crippen LogP contribution in [0.1, 0.15) is 61.8 Å². The molecule has 0 spiro atoms. The second-order valence-electron chi connectivity index (χ2n) is 6.46. The number of aromatic nitrogens is 1. The summed E-state index contributed by atoms with van der Waals surface area (Å²) in [6.07, 6.45) is 10.2. The van der Waals surface area contributed by atoms with Crippen LogP contribution in [0, 0.1) is 11.3 Å². The zero-order valence-corrected chi connectivity index (χ0v) is 14.3.